The number of hydrogen-bond donors (Lipinski definition) is 12. The molecule has 0 heterocycles. The van der Waals surface area contributed by atoms with Crippen LogP contribution in [0.2, 0.25) is 0 Å². The smallest absolute Gasteiger partial charge is 0.335 e. The fraction of sp³-hybridized carbons (Fsp3) is 0. The molecule has 0 aliphatic rings. The first-order valence-corrected chi connectivity index (χ1v) is 9.01. The van der Waals surface area contributed by atoms with Gasteiger partial charge in [-0.25, -0.2) is 14.4 Å². The number of aromatic carboxylic acids is 3. The molecule has 197 valence electrons. The summed E-state index contributed by atoms with van der Waals surface area (Å²) in [6, 6.07) is 5.07. The summed E-state index contributed by atoms with van der Waals surface area (Å²) in [6.07, 6.45) is 0. The van der Waals surface area contributed by atoms with Crippen molar-refractivity contribution in [2.75, 3.05) is 0 Å². The Balaban J connectivity index is 0.000000518. The molecule has 3 radical (unpaired) electrons. The molecular weight excluding hydrogens is 701 g/mol. The predicted octanol–water partition coefficient (Wildman–Crippen LogP) is 1.12. The largest absolute Gasteiger partial charge is 0.504 e. The Morgan fingerprint density at radius 3 is 0.622 bits per heavy atom. The Labute approximate surface area is 224 Å². The van der Waals surface area contributed by atoms with Crippen LogP contribution in [0.1, 0.15) is 31.1 Å². The van der Waals surface area contributed by atoms with E-state index in [1.807, 2.05) is 0 Å². The van der Waals surface area contributed by atoms with E-state index in [1.54, 1.807) is 0 Å². The molecule has 0 unspecified atom stereocenters. The molecule has 0 fully saturated rings. The molecule has 12 N–H and O–H groups in total. The summed E-state index contributed by atoms with van der Waals surface area (Å²) in [6.45, 7) is 0. The van der Waals surface area contributed by atoms with Crippen LogP contribution >= 0.6 is 0 Å². The van der Waals surface area contributed by atoms with Crippen molar-refractivity contribution in [3.63, 3.8) is 0 Å². The molecule has 0 aliphatic heterocycles. The van der Waals surface area contributed by atoms with E-state index in [-0.39, 0.29) is 42.9 Å². The molecule has 0 saturated heterocycles. The van der Waals surface area contributed by atoms with Gasteiger partial charge in [-0.15, -0.1) is 0 Å². The predicted molar refractivity (Wildman–Crippen MR) is 121 cm³/mol. The Morgan fingerprint density at radius 1 is 0.378 bits per heavy atom. The van der Waals surface area contributed by atoms with E-state index in [9.17, 15) is 14.4 Å². The summed E-state index contributed by atoms with van der Waals surface area (Å²) in [5.41, 5.74) is -0.867. The third-order valence-electron chi connectivity index (χ3n) is 3.95. The van der Waals surface area contributed by atoms with E-state index in [1.165, 1.54) is 0 Å². The number of carboxylic acid groups (broad SMARTS) is 3. The minimum atomic E-state index is -1.29. The summed E-state index contributed by atoms with van der Waals surface area (Å²) < 4.78 is 0. The zero-order valence-corrected chi connectivity index (χ0v) is 21.5. The second kappa shape index (κ2) is 13.3. The van der Waals surface area contributed by atoms with Gasteiger partial charge in [-0.1, -0.05) is 0 Å². The molecule has 3 rings (SSSR count). The van der Waals surface area contributed by atoms with Gasteiger partial charge in [0.05, 0.1) is 16.7 Å². The van der Waals surface area contributed by atoms with Gasteiger partial charge in [-0.05, 0) is 36.4 Å². The zero-order valence-electron chi connectivity index (χ0n) is 18.0. The van der Waals surface area contributed by atoms with Gasteiger partial charge >= 0.3 is 17.9 Å². The molecule has 0 saturated carbocycles. The zero-order chi connectivity index (χ0) is 27.9. The quantitative estimate of drug-likeness (QED) is 0.133. The first-order valence-electron chi connectivity index (χ1n) is 9.01. The van der Waals surface area contributed by atoms with Crippen molar-refractivity contribution in [2.24, 2.45) is 0 Å². The average Bonchev–Trinajstić information content (AvgIpc) is 2.79. The van der Waals surface area contributed by atoms with Gasteiger partial charge in [-0.3, -0.25) is 0 Å². The summed E-state index contributed by atoms with van der Waals surface area (Å²) in [5, 5.41) is 105. The van der Waals surface area contributed by atoms with E-state index < -0.39 is 69.7 Å². The van der Waals surface area contributed by atoms with E-state index in [2.05, 4.69) is 0 Å². The number of carboxylic acids is 3. The molecule has 0 spiro atoms. The van der Waals surface area contributed by atoms with Crippen LogP contribution in [0.15, 0.2) is 36.4 Å². The molecule has 0 bridgehead atoms. The summed E-state index contributed by atoms with van der Waals surface area (Å²) >= 11 is 0. The number of benzene rings is 3. The molecule has 0 aromatic heterocycles. The maximum Gasteiger partial charge on any atom is 0.335 e. The van der Waals surface area contributed by atoms with Crippen LogP contribution in [0.25, 0.3) is 0 Å². The number of carbonyl (C=O) groups is 3. The molecule has 3 aromatic rings. The van der Waals surface area contributed by atoms with Gasteiger partial charge in [0.1, 0.15) is 0 Å². The number of hydrogen-bond acceptors (Lipinski definition) is 12. The molecule has 3 aromatic carbocycles. The average molecular weight is 719 g/mol. The van der Waals surface area contributed by atoms with Crippen molar-refractivity contribution < 1.29 is 75.7 Å². The third-order valence-corrected chi connectivity index (χ3v) is 3.95. The van der Waals surface area contributed by atoms with E-state index in [0.717, 1.165) is 36.4 Å². The number of rotatable bonds is 3. The first kappa shape index (κ1) is 32.2. The van der Waals surface area contributed by atoms with Crippen molar-refractivity contribution in [1.29, 1.82) is 0 Å². The van der Waals surface area contributed by atoms with Gasteiger partial charge in [0, 0.05) is 26.2 Å². The van der Waals surface area contributed by atoms with Crippen LogP contribution in [-0.4, -0.2) is 105 Å². The van der Waals surface area contributed by atoms with Gasteiger partial charge < -0.3 is 61.3 Å². The van der Waals surface area contributed by atoms with Crippen LogP contribution in [0, 0.1) is 0 Å². The van der Waals surface area contributed by atoms with Crippen molar-refractivity contribution in [2.45, 2.75) is 0 Å². The molecule has 15 nitrogen and oxygen atoms in total. The van der Waals surface area contributed by atoms with E-state index in [4.69, 9.17) is 61.3 Å². The second-order valence-electron chi connectivity index (χ2n) is 6.50. The summed E-state index contributed by atoms with van der Waals surface area (Å²) in [5.74, 6) is -10.00. The van der Waals surface area contributed by atoms with Crippen molar-refractivity contribution in [3.05, 3.63) is 53.1 Å². The number of aromatic hydroxyl groups is 9. The number of phenols is 9. The Bertz CT molecular complexity index is 1090. The molecule has 0 aliphatic carbocycles. The molecular formula is C21H18BiO15. The van der Waals surface area contributed by atoms with Crippen molar-refractivity contribution in [3.8, 4) is 51.7 Å². The van der Waals surface area contributed by atoms with Crippen molar-refractivity contribution >= 4 is 44.1 Å². The second-order valence-corrected chi connectivity index (χ2v) is 6.50. The standard InChI is InChI=1S/3C7H6O5.Bi/c3*8-4-1-3(7(11)12)2-5(9)6(4)10;/h3*1-2,8-10H,(H,11,12);. The monoisotopic (exact) mass is 719 g/mol. The van der Waals surface area contributed by atoms with Gasteiger partial charge in [0.2, 0.25) is 0 Å². The van der Waals surface area contributed by atoms with E-state index in [0.29, 0.717) is 0 Å². The SMILES string of the molecule is O=C(O)c1cc(O)c(O)c(O)c1.O=C(O)c1cc(O)c(O)c(O)c1.O=C(O)c1cc(O)c(O)c(O)c1.[Bi]. The fourth-order valence-corrected chi connectivity index (χ4v) is 2.18. The van der Waals surface area contributed by atoms with E-state index >= 15 is 0 Å². The summed E-state index contributed by atoms with van der Waals surface area (Å²) in [4.78, 5) is 30.9. The normalized spacial score (nSPS) is 9.41. The van der Waals surface area contributed by atoms with Gasteiger partial charge in [0.25, 0.3) is 0 Å². The van der Waals surface area contributed by atoms with Crippen molar-refractivity contribution in [1.82, 2.24) is 0 Å². The molecule has 0 amide bonds. The molecule has 37 heavy (non-hydrogen) atoms. The minimum absolute atomic E-state index is 0. The van der Waals surface area contributed by atoms with Crippen LogP contribution in [0.3, 0.4) is 0 Å². The van der Waals surface area contributed by atoms with Gasteiger partial charge in [0.15, 0.2) is 51.7 Å². The third kappa shape index (κ3) is 8.70. The van der Waals surface area contributed by atoms with Crippen LogP contribution in [0.5, 0.6) is 51.7 Å². The van der Waals surface area contributed by atoms with Crippen LogP contribution in [0.4, 0.5) is 0 Å². The molecule has 16 heteroatoms. The number of phenolic OH excluding ortho intramolecular Hbond substituents is 9. The van der Waals surface area contributed by atoms with Crippen LogP contribution < -0.4 is 0 Å². The maximum atomic E-state index is 10.3. The first-order chi connectivity index (χ1) is 16.6. The Kier molecular flexibility index (Phi) is 11.6. The van der Waals surface area contributed by atoms with Crippen LogP contribution in [-0.2, 0) is 0 Å². The minimum Gasteiger partial charge on any atom is -0.504 e. The topological polar surface area (TPSA) is 294 Å². The van der Waals surface area contributed by atoms with Gasteiger partial charge in [-0.2, -0.15) is 0 Å². The Morgan fingerprint density at radius 2 is 0.514 bits per heavy atom. The summed E-state index contributed by atoms with van der Waals surface area (Å²) in [7, 11) is 0. The molecule has 0 atom stereocenters. The maximum absolute atomic E-state index is 10.3. The fourth-order valence-electron chi connectivity index (χ4n) is 2.18. The Hall–Kier alpha value is -4.85.